The first-order valence-electron chi connectivity index (χ1n) is 7.08. The van der Waals surface area contributed by atoms with E-state index in [2.05, 4.69) is 0 Å². The smallest absolute Gasteiger partial charge is 0.343 e. The zero-order valence-corrected chi connectivity index (χ0v) is 13.9. The summed E-state index contributed by atoms with van der Waals surface area (Å²) < 4.78 is 10.6. The minimum Gasteiger partial charge on any atom is -0.497 e. The van der Waals surface area contributed by atoms with Crippen molar-refractivity contribution in [1.29, 1.82) is 0 Å². The summed E-state index contributed by atoms with van der Waals surface area (Å²) in [6.45, 7) is 5.95. The molecule has 3 nitrogen and oxygen atoms in total. The van der Waals surface area contributed by atoms with Crippen molar-refractivity contribution < 1.29 is 14.3 Å². The lowest BCUT2D eigenvalue weighted by Gasteiger charge is -2.15. The molecule has 0 spiro atoms. The first-order valence-corrected chi connectivity index (χ1v) is 7.46. The van der Waals surface area contributed by atoms with Gasteiger partial charge in [0.2, 0.25) is 0 Å². The predicted molar refractivity (Wildman–Crippen MR) is 88.2 cm³/mol. The molecule has 0 saturated carbocycles. The summed E-state index contributed by atoms with van der Waals surface area (Å²) in [4.78, 5) is 12.3. The molecular formula is C18H19ClO3. The van der Waals surface area contributed by atoms with Crippen LogP contribution in [0, 0.1) is 6.92 Å². The largest absolute Gasteiger partial charge is 0.497 e. The van der Waals surface area contributed by atoms with Crippen LogP contribution in [0.2, 0.25) is 5.02 Å². The van der Waals surface area contributed by atoms with Gasteiger partial charge >= 0.3 is 5.97 Å². The van der Waals surface area contributed by atoms with Crippen molar-refractivity contribution in [3.05, 3.63) is 58.1 Å². The number of esters is 1. The molecule has 0 N–H and O–H groups in total. The zero-order valence-electron chi connectivity index (χ0n) is 13.1. The van der Waals surface area contributed by atoms with E-state index in [-0.39, 0.29) is 5.92 Å². The number of methoxy groups -OCH3 is 1. The van der Waals surface area contributed by atoms with Gasteiger partial charge in [0.15, 0.2) is 0 Å². The monoisotopic (exact) mass is 318 g/mol. The van der Waals surface area contributed by atoms with E-state index < -0.39 is 5.97 Å². The van der Waals surface area contributed by atoms with Crippen LogP contribution >= 0.6 is 11.6 Å². The van der Waals surface area contributed by atoms with E-state index in [1.165, 1.54) is 0 Å². The van der Waals surface area contributed by atoms with Crippen molar-refractivity contribution in [1.82, 2.24) is 0 Å². The molecule has 0 amide bonds. The maximum Gasteiger partial charge on any atom is 0.343 e. The van der Waals surface area contributed by atoms with Crippen LogP contribution in [0.25, 0.3) is 0 Å². The van der Waals surface area contributed by atoms with E-state index in [0.717, 1.165) is 11.1 Å². The molecule has 2 aromatic rings. The van der Waals surface area contributed by atoms with Gasteiger partial charge in [0.25, 0.3) is 0 Å². The number of rotatable bonds is 4. The second-order valence-corrected chi connectivity index (χ2v) is 5.82. The van der Waals surface area contributed by atoms with E-state index in [1.54, 1.807) is 37.4 Å². The van der Waals surface area contributed by atoms with Gasteiger partial charge in [0.1, 0.15) is 11.5 Å². The summed E-state index contributed by atoms with van der Waals surface area (Å²) in [7, 11) is 1.58. The van der Waals surface area contributed by atoms with Crippen LogP contribution < -0.4 is 9.47 Å². The number of carbonyl (C=O) groups excluding carboxylic acids is 1. The van der Waals surface area contributed by atoms with E-state index >= 15 is 0 Å². The lowest BCUT2D eigenvalue weighted by molar-refractivity contribution is 0.0732. The van der Waals surface area contributed by atoms with Crippen molar-refractivity contribution in [2.75, 3.05) is 7.11 Å². The molecule has 0 radical (unpaired) electrons. The topological polar surface area (TPSA) is 35.5 Å². The highest BCUT2D eigenvalue weighted by molar-refractivity contribution is 6.31. The fourth-order valence-electron chi connectivity index (χ4n) is 2.10. The van der Waals surface area contributed by atoms with Gasteiger partial charge in [-0.05, 0) is 60.4 Å². The molecule has 116 valence electrons. The lowest BCUT2D eigenvalue weighted by Crippen LogP contribution is -2.10. The molecule has 4 heteroatoms. The Balaban J connectivity index is 2.29. The number of benzene rings is 2. The van der Waals surface area contributed by atoms with E-state index in [1.807, 2.05) is 26.8 Å². The summed E-state index contributed by atoms with van der Waals surface area (Å²) in [5.74, 6) is 1.06. The molecule has 2 rings (SSSR count). The van der Waals surface area contributed by atoms with Crippen LogP contribution in [0.3, 0.4) is 0 Å². The number of hydrogen-bond acceptors (Lipinski definition) is 3. The van der Waals surface area contributed by atoms with Crippen molar-refractivity contribution in [3.63, 3.8) is 0 Å². The molecule has 2 aromatic carbocycles. The Morgan fingerprint density at radius 3 is 2.32 bits per heavy atom. The third-order valence-corrected chi connectivity index (χ3v) is 3.85. The average molecular weight is 319 g/mol. The Morgan fingerprint density at radius 1 is 1.14 bits per heavy atom. The van der Waals surface area contributed by atoms with Crippen molar-refractivity contribution in [2.24, 2.45) is 0 Å². The Kier molecular flexibility index (Phi) is 5.09. The number of hydrogen-bond donors (Lipinski definition) is 0. The Morgan fingerprint density at radius 2 is 1.77 bits per heavy atom. The first-order chi connectivity index (χ1) is 10.4. The summed E-state index contributed by atoms with van der Waals surface area (Å²) in [6, 6.07) is 10.5. The van der Waals surface area contributed by atoms with Gasteiger partial charge in [0, 0.05) is 5.02 Å². The highest BCUT2D eigenvalue weighted by Gasteiger charge is 2.15. The quantitative estimate of drug-likeness (QED) is 0.588. The van der Waals surface area contributed by atoms with Gasteiger partial charge in [-0.25, -0.2) is 4.79 Å². The Bertz CT molecular complexity index is 675. The van der Waals surface area contributed by atoms with Gasteiger partial charge in [-0.15, -0.1) is 0 Å². The SMILES string of the molecule is COc1ccc(C(=O)Oc2cc(C)c(Cl)cc2C(C)C)cc1. The van der Waals surface area contributed by atoms with E-state index in [4.69, 9.17) is 21.1 Å². The average Bonchev–Trinajstić information content (AvgIpc) is 2.50. The number of ether oxygens (including phenoxy) is 2. The van der Waals surface area contributed by atoms with Gasteiger partial charge < -0.3 is 9.47 Å². The molecule has 0 bridgehead atoms. The molecule has 0 aliphatic rings. The van der Waals surface area contributed by atoms with Crippen LogP contribution in [-0.2, 0) is 0 Å². The maximum absolute atomic E-state index is 12.3. The molecule has 0 atom stereocenters. The first kappa shape index (κ1) is 16.4. The zero-order chi connectivity index (χ0) is 16.3. The molecule has 0 saturated heterocycles. The molecule has 22 heavy (non-hydrogen) atoms. The fraction of sp³-hybridized carbons (Fsp3) is 0.278. The number of carbonyl (C=O) groups is 1. The van der Waals surface area contributed by atoms with Gasteiger partial charge in [-0.2, -0.15) is 0 Å². The Hall–Kier alpha value is -2.00. The minimum absolute atomic E-state index is 0.205. The predicted octanol–water partition coefficient (Wildman–Crippen LogP) is 5.00. The molecule has 0 unspecified atom stereocenters. The normalized spacial score (nSPS) is 10.6. The van der Waals surface area contributed by atoms with E-state index in [0.29, 0.717) is 22.1 Å². The summed E-state index contributed by atoms with van der Waals surface area (Å²) in [5, 5.41) is 0.674. The molecule has 0 fully saturated rings. The summed E-state index contributed by atoms with van der Waals surface area (Å²) in [6.07, 6.45) is 0. The highest BCUT2D eigenvalue weighted by atomic mass is 35.5. The van der Waals surface area contributed by atoms with Gasteiger partial charge in [-0.3, -0.25) is 0 Å². The Labute approximate surface area is 135 Å². The lowest BCUT2D eigenvalue weighted by atomic mass is 10.0. The molecular weight excluding hydrogens is 300 g/mol. The van der Waals surface area contributed by atoms with Crippen molar-refractivity contribution >= 4 is 17.6 Å². The minimum atomic E-state index is -0.397. The van der Waals surface area contributed by atoms with Crippen LogP contribution in [0.5, 0.6) is 11.5 Å². The van der Waals surface area contributed by atoms with Crippen molar-refractivity contribution in [2.45, 2.75) is 26.7 Å². The van der Waals surface area contributed by atoms with Crippen LogP contribution in [0.4, 0.5) is 0 Å². The van der Waals surface area contributed by atoms with Gasteiger partial charge in [-0.1, -0.05) is 25.4 Å². The number of halogens is 1. The molecule has 0 aliphatic heterocycles. The fourth-order valence-corrected chi connectivity index (χ4v) is 2.27. The van der Waals surface area contributed by atoms with Crippen LogP contribution in [-0.4, -0.2) is 13.1 Å². The van der Waals surface area contributed by atoms with Crippen LogP contribution in [0.1, 0.15) is 41.3 Å². The van der Waals surface area contributed by atoms with E-state index in [9.17, 15) is 4.79 Å². The maximum atomic E-state index is 12.3. The molecule has 0 aliphatic carbocycles. The standard InChI is InChI=1S/C18H19ClO3/c1-11(2)15-10-16(19)12(3)9-17(15)22-18(20)13-5-7-14(21-4)8-6-13/h5-11H,1-4H3. The highest BCUT2D eigenvalue weighted by Crippen LogP contribution is 2.32. The summed E-state index contributed by atoms with van der Waals surface area (Å²) in [5.41, 5.74) is 2.27. The summed E-state index contributed by atoms with van der Waals surface area (Å²) >= 11 is 6.16. The second-order valence-electron chi connectivity index (χ2n) is 5.41. The number of aryl methyl sites for hydroxylation is 1. The van der Waals surface area contributed by atoms with Gasteiger partial charge in [0.05, 0.1) is 12.7 Å². The second kappa shape index (κ2) is 6.84. The molecule has 0 heterocycles. The molecule has 0 aromatic heterocycles. The van der Waals surface area contributed by atoms with Crippen molar-refractivity contribution in [3.8, 4) is 11.5 Å². The third-order valence-electron chi connectivity index (χ3n) is 3.44. The van der Waals surface area contributed by atoms with Crippen LogP contribution in [0.15, 0.2) is 36.4 Å². The third kappa shape index (κ3) is 3.60.